The highest BCUT2D eigenvalue weighted by Crippen LogP contribution is 2.39. The van der Waals surface area contributed by atoms with E-state index in [-0.39, 0.29) is 22.2 Å². The summed E-state index contributed by atoms with van der Waals surface area (Å²) < 4.78 is 45.8. The Bertz CT molecular complexity index is 1070. The van der Waals surface area contributed by atoms with Crippen LogP contribution in [0.4, 0.5) is 35.4 Å². The van der Waals surface area contributed by atoms with E-state index in [1.807, 2.05) is 13.0 Å². The van der Waals surface area contributed by atoms with Crippen LogP contribution in [0.25, 0.3) is 0 Å². The highest BCUT2D eigenvalue weighted by Gasteiger charge is 2.35. The topological polar surface area (TPSA) is 88.2 Å². The van der Waals surface area contributed by atoms with Gasteiger partial charge in [-0.05, 0) is 24.6 Å². The van der Waals surface area contributed by atoms with Crippen LogP contribution < -0.4 is 20.7 Å². The molecule has 1 amide bonds. The second kappa shape index (κ2) is 8.57. The van der Waals surface area contributed by atoms with E-state index in [1.54, 1.807) is 12.1 Å². The standard InChI is InChI=1S/C19H18F3N5O2S/c1-10-4-5-14(29-3)13(6-10)26-15-7-12(11(8-24-15)19(20,21)22)27-18-16(17(28)23-2)25-9-30-18/h4-9H,1-3H3,(H,23,28)(H2,24,26,27). The van der Waals surface area contributed by atoms with Crippen LogP contribution in [0.3, 0.4) is 0 Å². The Balaban J connectivity index is 2.01. The molecule has 1 aromatic carbocycles. The zero-order valence-corrected chi connectivity index (χ0v) is 17.0. The molecule has 30 heavy (non-hydrogen) atoms. The third-order valence-corrected chi connectivity index (χ3v) is 4.83. The number of methoxy groups -OCH3 is 1. The van der Waals surface area contributed by atoms with Crippen molar-refractivity contribution in [3.63, 3.8) is 0 Å². The Morgan fingerprint density at radius 2 is 1.90 bits per heavy atom. The fourth-order valence-electron chi connectivity index (χ4n) is 2.65. The third-order valence-electron chi connectivity index (χ3n) is 4.08. The van der Waals surface area contributed by atoms with Gasteiger partial charge >= 0.3 is 6.18 Å². The average Bonchev–Trinajstić information content (AvgIpc) is 3.15. The molecule has 11 heteroatoms. The fraction of sp³-hybridized carbons (Fsp3) is 0.211. The van der Waals surface area contributed by atoms with E-state index in [9.17, 15) is 18.0 Å². The first-order chi connectivity index (χ1) is 14.2. The minimum absolute atomic E-state index is 0.00213. The van der Waals surface area contributed by atoms with Crippen LogP contribution in [0.2, 0.25) is 0 Å². The minimum Gasteiger partial charge on any atom is -0.495 e. The lowest BCUT2D eigenvalue weighted by molar-refractivity contribution is -0.137. The highest BCUT2D eigenvalue weighted by atomic mass is 32.1. The number of nitrogens with one attached hydrogen (secondary N) is 3. The summed E-state index contributed by atoms with van der Waals surface area (Å²) in [5.74, 6) is 0.172. The lowest BCUT2D eigenvalue weighted by atomic mass is 10.2. The number of aryl methyl sites for hydroxylation is 1. The van der Waals surface area contributed by atoms with Crippen LogP contribution in [0, 0.1) is 6.92 Å². The number of nitrogens with zero attached hydrogens (tertiary/aromatic N) is 2. The first-order valence-corrected chi connectivity index (χ1v) is 9.52. The zero-order chi connectivity index (χ0) is 21.9. The summed E-state index contributed by atoms with van der Waals surface area (Å²) in [5, 5.41) is 8.24. The Morgan fingerprint density at radius 3 is 2.57 bits per heavy atom. The number of aromatic nitrogens is 2. The molecule has 158 valence electrons. The minimum atomic E-state index is -4.65. The van der Waals surface area contributed by atoms with E-state index in [2.05, 4.69) is 25.9 Å². The number of pyridine rings is 1. The van der Waals surface area contributed by atoms with Gasteiger partial charge in [0.2, 0.25) is 0 Å². The van der Waals surface area contributed by atoms with Crippen LogP contribution in [0.1, 0.15) is 21.6 Å². The SMILES string of the molecule is CNC(=O)c1ncsc1Nc1cc(Nc2cc(C)ccc2OC)ncc1C(F)(F)F. The van der Waals surface area contributed by atoms with Crippen molar-refractivity contribution in [1.29, 1.82) is 0 Å². The second-order valence-corrected chi connectivity index (χ2v) is 7.03. The first kappa shape index (κ1) is 21.4. The van der Waals surface area contributed by atoms with E-state index < -0.39 is 17.6 Å². The fourth-order valence-corrected chi connectivity index (χ4v) is 3.34. The molecule has 0 saturated heterocycles. The summed E-state index contributed by atoms with van der Waals surface area (Å²) in [6.45, 7) is 1.88. The number of hydrogen-bond donors (Lipinski definition) is 3. The maximum absolute atomic E-state index is 13.5. The molecule has 0 spiro atoms. The van der Waals surface area contributed by atoms with Crippen LogP contribution in [0.15, 0.2) is 36.0 Å². The number of anilines is 4. The lowest BCUT2D eigenvalue weighted by Crippen LogP contribution is -2.19. The molecular weight excluding hydrogens is 419 g/mol. The van der Waals surface area contributed by atoms with Crippen molar-refractivity contribution < 1.29 is 22.7 Å². The summed E-state index contributed by atoms with van der Waals surface area (Å²) in [6.07, 6.45) is -3.92. The van der Waals surface area contributed by atoms with Crippen LogP contribution in [-0.4, -0.2) is 30.0 Å². The summed E-state index contributed by atoms with van der Waals surface area (Å²) in [7, 11) is 2.91. The number of halogens is 3. The highest BCUT2D eigenvalue weighted by molar-refractivity contribution is 7.14. The van der Waals surface area contributed by atoms with Crippen LogP contribution in [0.5, 0.6) is 5.75 Å². The lowest BCUT2D eigenvalue weighted by Gasteiger charge is -2.16. The molecule has 0 fully saturated rings. The van der Waals surface area contributed by atoms with Crippen molar-refractivity contribution in [3.8, 4) is 5.75 Å². The Hall–Kier alpha value is -3.34. The van der Waals surface area contributed by atoms with Crippen LogP contribution >= 0.6 is 11.3 Å². The normalized spacial score (nSPS) is 11.1. The summed E-state index contributed by atoms with van der Waals surface area (Å²) in [4.78, 5) is 19.7. The second-order valence-electron chi connectivity index (χ2n) is 6.18. The molecule has 2 aromatic heterocycles. The van der Waals surface area contributed by atoms with E-state index >= 15 is 0 Å². The maximum atomic E-state index is 13.5. The van der Waals surface area contributed by atoms with Crippen molar-refractivity contribution in [2.24, 2.45) is 0 Å². The molecule has 0 bridgehead atoms. The molecule has 0 aliphatic rings. The van der Waals surface area contributed by atoms with Gasteiger partial charge in [0.05, 0.1) is 29.6 Å². The van der Waals surface area contributed by atoms with Crippen molar-refractivity contribution in [3.05, 3.63) is 52.8 Å². The molecule has 0 aliphatic carbocycles. The average molecular weight is 437 g/mol. The number of carbonyl (C=O) groups excluding carboxylic acids is 1. The van der Waals surface area contributed by atoms with Gasteiger partial charge in [0.25, 0.3) is 5.91 Å². The van der Waals surface area contributed by atoms with Gasteiger partial charge in [0.1, 0.15) is 16.6 Å². The number of benzene rings is 1. The number of carbonyl (C=O) groups is 1. The number of amides is 1. The van der Waals surface area contributed by atoms with E-state index in [4.69, 9.17) is 4.74 Å². The van der Waals surface area contributed by atoms with Gasteiger partial charge in [0.15, 0.2) is 5.69 Å². The van der Waals surface area contributed by atoms with Crippen molar-refractivity contribution in [1.82, 2.24) is 15.3 Å². The molecule has 3 aromatic rings. The number of alkyl halides is 3. The molecule has 3 N–H and O–H groups in total. The van der Waals surface area contributed by atoms with Crippen molar-refractivity contribution >= 4 is 39.4 Å². The van der Waals surface area contributed by atoms with Gasteiger partial charge in [-0.15, -0.1) is 11.3 Å². The summed E-state index contributed by atoms with van der Waals surface area (Å²) >= 11 is 1.01. The largest absolute Gasteiger partial charge is 0.495 e. The van der Waals surface area contributed by atoms with Gasteiger partial charge in [-0.1, -0.05) is 6.07 Å². The predicted molar refractivity (Wildman–Crippen MR) is 109 cm³/mol. The Labute approximate surface area is 174 Å². The number of rotatable bonds is 6. The molecular formula is C19H18F3N5O2S. The molecule has 0 aliphatic heterocycles. The molecule has 0 atom stereocenters. The van der Waals surface area contributed by atoms with Gasteiger partial charge in [-0.25, -0.2) is 9.97 Å². The number of hydrogen-bond acceptors (Lipinski definition) is 7. The van der Waals surface area contributed by atoms with Crippen LogP contribution in [-0.2, 0) is 6.18 Å². The predicted octanol–water partition coefficient (Wildman–Crippen LogP) is 4.72. The zero-order valence-electron chi connectivity index (χ0n) is 16.2. The molecule has 7 nitrogen and oxygen atoms in total. The Kier molecular flexibility index (Phi) is 6.11. The van der Waals surface area contributed by atoms with E-state index in [0.717, 1.165) is 23.1 Å². The number of thiazole rings is 1. The third kappa shape index (κ3) is 4.62. The first-order valence-electron chi connectivity index (χ1n) is 8.64. The molecule has 0 radical (unpaired) electrons. The monoisotopic (exact) mass is 437 g/mol. The van der Waals surface area contributed by atoms with E-state index in [0.29, 0.717) is 11.4 Å². The van der Waals surface area contributed by atoms with Gasteiger partial charge < -0.3 is 20.7 Å². The molecule has 2 heterocycles. The van der Waals surface area contributed by atoms with Gasteiger partial charge in [-0.3, -0.25) is 4.79 Å². The van der Waals surface area contributed by atoms with Gasteiger partial charge in [0, 0.05) is 19.3 Å². The van der Waals surface area contributed by atoms with Crippen molar-refractivity contribution in [2.45, 2.75) is 13.1 Å². The quantitative estimate of drug-likeness (QED) is 0.517. The summed E-state index contributed by atoms with van der Waals surface area (Å²) in [6, 6.07) is 6.60. The summed E-state index contributed by atoms with van der Waals surface area (Å²) in [5.41, 5.74) is 1.63. The Morgan fingerprint density at radius 1 is 1.13 bits per heavy atom. The van der Waals surface area contributed by atoms with Gasteiger partial charge in [-0.2, -0.15) is 13.2 Å². The maximum Gasteiger partial charge on any atom is 0.419 e. The molecule has 3 rings (SSSR count). The molecule has 0 saturated carbocycles. The van der Waals surface area contributed by atoms with Crippen molar-refractivity contribution in [2.75, 3.05) is 24.8 Å². The molecule has 0 unspecified atom stereocenters. The number of ether oxygens (including phenoxy) is 1. The van der Waals surface area contributed by atoms with E-state index in [1.165, 1.54) is 25.7 Å². The smallest absolute Gasteiger partial charge is 0.419 e.